The lowest BCUT2D eigenvalue weighted by atomic mass is 9.91. The topological polar surface area (TPSA) is 23.5 Å². The van der Waals surface area contributed by atoms with Crippen LogP contribution in [0.15, 0.2) is 0 Å². The van der Waals surface area contributed by atoms with Crippen LogP contribution in [0.4, 0.5) is 0 Å². The monoisotopic (exact) mass is 185 g/mol. The molecule has 2 heteroatoms. The van der Waals surface area contributed by atoms with Crippen molar-refractivity contribution in [3.8, 4) is 0 Å². The first-order valence-corrected chi connectivity index (χ1v) is 5.71. The molecule has 0 aromatic rings. The summed E-state index contributed by atoms with van der Waals surface area (Å²) in [6, 6.07) is 0.443. The van der Waals surface area contributed by atoms with Gasteiger partial charge in [-0.3, -0.25) is 4.90 Å². The molecule has 0 radical (unpaired) electrons. The Labute approximate surface area is 81.9 Å². The van der Waals surface area contributed by atoms with Gasteiger partial charge in [0, 0.05) is 6.04 Å². The van der Waals surface area contributed by atoms with E-state index in [9.17, 15) is 5.11 Å². The average molecular weight is 185 g/mol. The Balaban J connectivity index is 2.44. The van der Waals surface area contributed by atoms with E-state index < -0.39 is 0 Å². The summed E-state index contributed by atoms with van der Waals surface area (Å²) in [6.07, 6.45) is 5.82. The van der Waals surface area contributed by atoms with E-state index in [1.807, 2.05) is 0 Å². The highest BCUT2D eigenvalue weighted by Gasteiger charge is 2.26. The Morgan fingerprint density at radius 3 is 2.46 bits per heavy atom. The van der Waals surface area contributed by atoms with Crippen LogP contribution in [0, 0.1) is 0 Å². The highest BCUT2D eigenvalue weighted by molar-refractivity contribution is 4.82. The summed E-state index contributed by atoms with van der Waals surface area (Å²) >= 11 is 0. The van der Waals surface area contributed by atoms with Gasteiger partial charge in [-0.15, -0.1) is 0 Å². The fourth-order valence-corrected chi connectivity index (χ4v) is 2.36. The Morgan fingerprint density at radius 1 is 1.23 bits per heavy atom. The Kier molecular flexibility index (Phi) is 4.74. The molecule has 0 unspecified atom stereocenters. The molecule has 1 rings (SSSR count). The van der Waals surface area contributed by atoms with Crippen molar-refractivity contribution in [2.24, 2.45) is 0 Å². The Bertz CT molecular complexity index is 138. The van der Waals surface area contributed by atoms with Gasteiger partial charge < -0.3 is 5.11 Å². The zero-order chi connectivity index (χ0) is 9.68. The van der Waals surface area contributed by atoms with Gasteiger partial charge in [-0.2, -0.15) is 0 Å². The summed E-state index contributed by atoms with van der Waals surface area (Å²) in [5, 5.41) is 9.86. The van der Waals surface area contributed by atoms with E-state index in [-0.39, 0.29) is 6.10 Å². The molecule has 0 heterocycles. The van der Waals surface area contributed by atoms with E-state index in [2.05, 4.69) is 18.7 Å². The van der Waals surface area contributed by atoms with Crippen LogP contribution >= 0.6 is 0 Å². The van der Waals surface area contributed by atoms with Crippen molar-refractivity contribution < 1.29 is 5.11 Å². The fourth-order valence-electron chi connectivity index (χ4n) is 2.36. The number of aliphatic hydroxyl groups excluding tert-OH is 1. The summed E-state index contributed by atoms with van der Waals surface area (Å²) in [5.74, 6) is 0. The minimum absolute atomic E-state index is 0.0692. The summed E-state index contributed by atoms with van der Waals surface area (Å²) in [7, 11) is 0. The molecule has 0 aromatic carbocycles. The SMILES string of the molecule is CCCN(CC)[C@@H]1CCCC[C@H]1O. The quantitative estimate of drug-likeness (QED) is 0.724. The maximum Gasteiger partial charge on any atom is 0.0695 e. The highest BCUT2D eigenvalue weighted by Crippen LogP contribution is 2.23. The second-order valence-electron chi connectivity index (χ2n) is 4.05. The number of aliphatic hydroxyl groups is 1. The third-order valence-electron chi connectivity index (χ3n) is 3.08. The first kappa shape index (κ1) is 11.0. The van der Waals surface area contributed by atoms with Crippen molar-refractivity contribution in [3.63, 3.8) is 0 Å². The third kappa shape index (κ3) is 2.96. The second kappa shape index (κ2) is 5.61. The second-order valence-corrected chi connectivity index (χ2v) is 4.05. The molecule has 13 heavy (non-hydrogen) atoms. The lowest BCUT2D eigenvalue weighted by Crippen LogP contribution is -2.45. The van der Waals surface area contributed by atoms with Gasteiger partial charge in [-0.1, -0.05) is 26.7 Å². The van der Waals surface area contributed by atoms with Gasteiger partial charge in [0.15, 0.2) is 0 Å². The van der Waals surface area contributed by atoms with Crippen molar-refractivity contribution >= 4 is 0 Å². The number of hydrogen-bond donors (Lipinski definition) is 1. The summed E-state index contributed by atoms with van der Waals surface area (Å²) in [6.45, 7) is 6.61. The molecule has 0 aromatic heterocycles. The minimum Gasteiger partial charge on any atom is -0.391 e. The van der Waals surface area contributed by atoms with Gasteiger partial charge in [0.05, 0.1) is 6.10 Å². The minimum atomic E-state index is -0.0692. The van der Waals surface area contributed by atoms with Gasteiger partial charge in [0.2, 0.25) is 0 Å². The van der Waals surface area contributed by atoms with Gasteiger partial charge >= 0.3 is 0 Å². The van der Waals surface area contributed by atoms with Crippen LogP contribution in [0.5, 0.6) is 0 Å². The molecule has 78 valence electrons. The Hall–Kier alpha value is -0.0800. The maximum atomic E-state index is 9.86. The van der Waals surface area contributed by atoms with Crippen LogP contribution in [0.3, 0.4) is 0 Å². The molecule has 1 aliphatic carbocycles. The first-order chi connectivity index (χ1) is 6.29. The summed E-state index contributed by atoms with van der Waals surface area (Å²) in [4.78, 5) is 2.43. The van der Waals surface area contributed by atoms with Crippen LogP contribution in [0.2, 0.25) is 0 Å². The van der Waals surface area contributed by atoms with Crippen LogP contribution in [0.1, 0.15) is 46.0 Å². The van der Waals surface area contributed by atoms with E-state index in [1.165, 1.54) is 25.7 Å². The van der Waals surface area contributed by atoms with Crippen LogP contribution in [-0.4, -0.2) is 35.2 Å². The molecule has 2 atom stereocenters. The normalized spacial score (nSPS) is 29.5. The molecule has 0 aliphatic heterocycles. The van der Waals surface area contributed by atoms with E-state index in [0.717, 1.165) is 19.5 Å². The molecule has 1 fully saturated rings. The van der Waals surface area contributed by atoms with Gasteiger partial charge in [-0.25, -0.2) is 0 Å². The molecule has 1 aliphatic rings. The number of hydrogen-bond acceptors (Lipinski definition) is 2. The maximum absolute atomic E-state index is 9.86. The standard InChI is InChI=1S/C11H23NO/c1-3-9-12(4-2)10-7-5-6-8-11(10)13/h10-11,13H,3-9H2,1-2H3/t10-,11-/m1/s1. The average Bonchev–Trinajstić information content (AvgIpc) is 2.16. The van der Waals surface area contributed by atoms with Gasteiger partial charge in [0.25, 0.3) is 0 Å². The summed E-state index contributed by atoms with van der Waals surface area (Å²) < 4.78 is 0. The van der Waals surface area contributed by atoms with E-state index in [4.69, 9.17) is 0 Å². The number of rotatable bonds is 4. The van der Waals surface area contributed by atoms with Crippen molar-refractivity contribution in [2.75, 3.05) is 13.1 Å². The van der Waals surface area contributed by atoms with Crippen LogP contribution < -0.4 is 0 Å². The van der Waals surface area contributed by atoms with Gasteiger partial charge in [0.1, 0.15) is 0 Å². The lowest BCUT2D eigenvalue weighted by molar-refractivity contribution is 0.0222. The van der Waals surface area contributed by atoms with E-state index in [1.54, 1.807) is 0 Å². The van der Waals surface area contributed by atoms with Crippen LogP contribution in [0.25, 0.3) is 0 Å². The van der Waals surface area contributed by atoms with Gasteiger partial charge in [-0.05, 0) is 32.4 Å². The molecule has 0 bridgehead atoms. The largest absolute Gasteiger partial charge is 0.391 e. The van der Waals surface area contributed by atoms with Crippen molar-refractivity contribution in [2.45, 2.75) is 58.1 Å². The van der Waals surface area contributed by atoms with Crippen molar-refractivity contribution in [1.82, 2.24) is 4.90 Å². The smallest absolute Gasteiger partial charge is 0.0695 e. The zero-order valence-corrected chi connectivity index (χ0v) is 9.00. The molecular formula is C11H23NO. The number of nitrogens with zero attached hydrogens (tertiary/aromatic N) is 1. The molecule has 0 spiro atoms. The van der Waals surface area contributed by atoms with Crippen LogP contribution in [-0.2, 0) is 0 Å². The predicted molar refractivity (Wildman–Crippen MR) is 55.8 cm³/mol. The van der Waals surface area contributed by atoms with E-state index in [0.29, 0.717) is 6.04 Å². The molecular weight excluding hydrogens is 162 g/mol. The van der Waals surface area contributed by atoms with Crippen molar-refractivity contribution in [1.29, 1.82) is 0 Å². The van der Waals surface area contributed by atoms with Crippen molar-refractivity contribution in [3.05, 3.63) is 0 Å². The molecule has 1 saturated carbocycles. The van der Waals surface area contributed by atoms with E-state index >= 15 is 0 Å². The highest BCUT2D eigenvalue weighted by atomic mass is 16.3. The predicted octanol–water partition coefficient (Wildman–Crippen LogP) is 2.02. The first-order valence-electron chi connectivity index (χ1n) is 5.71. The fraction of sp³-hybridized carbons (Fsp3) is 1.00. The molecule has 1 N–H and O–H groups in total. The Morgan fingerprint density at radius 2 is 1.92 bits per heavy atom. The third-order valence-corrected chi connectivity index (χ3v) is 3.08. The molecule has 0 amide bonds. The lowest BCUT2D eigenvalue weighted by Gasteiger charge is -2.36. The summed E-state index contributed by atoms with van der Waals surface area (Å²) in [5.41, 5.74) is 0. The zero-order valence-electron chi connectivity index (χ0n) is 9.00. The molecule has 2 nitrogen and oxygen atoms in total. The number of likely N-dealkylation sites (N-methyl/N-ethyl adjacent to an activating group) is 1. The molecule has 0 saturated heterocycles.